The van der Waals surface area contributed by atoms with Gasteiger partial charge in [0, 0.05) is 12.2 Å². The number of halogens is 2. The number of nitrogens with zero attached hydrogens (tertiary/aromatic N) is 1. The van der Waals surface area contributed by atoms with Gasteiger partial charge in [-0.2, -0.15) is 5.26 Å². The van der Waals surface area contributed by atoms with Crippen LogP contribution in [0, 0.1) is 17.1 Å². The Morgan fingerprint density at radius 2 is 2.15 bits per heavy atom. The van der Waals surface area contributed by atoms with Crippen molar-refractivity contribution in [3.05, 3.63) is 29.6 Å². The third-order valence-corrected chi connectivity index (χ3v) is 1.45. The molecule has 1 rings (SSSR count). The maximum absolute atomic E-state index is 12.8. The molecule has 0 aliphatic rings. The largest absolute Gasteiger partial charge is 0.382 e. The summed E-state index contributed by atoms with van der Waals surface area (Å²) in [6, 6.07) is 5.63. The molecule has 0 amide bonds. The van der Waals surface area contributed by atoms with Gasteiger partial charge in [-0.3, -0.25) is 0 Å². The molecule has 4 heteroatoms. The van der Waals surface area contributed by atoms with Crippen molar-refractivity contribution in [1.29, 1.82) is 5.26 Å². The highest BCUT2D eigenvalue weighted by Gasteiger charge is 1.99. The van der Waals surface area contributed by atoms with E-state index >= 15 is 0 Å². The fourth-order valence-electron chi connectivity index (χ4n) is 0.948. The lowest BCUT2D eigenvalue weighted by Crippen LogP contribution is -2.03. The maximum atomic E-state index is 12.8. The molecule has 68 valence electrons. The quantitative estimate of drug-likeness (QED) is 0.776. The molecule has 13 heavy (non-hydrogen) atoms. The Labute approximate surface area is 74.8 Å². The third-order valence-electron chi connectivity index (χ3n) is 1.45. The normalized spacial score (nSPS) is 9.31. The zero-order chi connectivity index (χ0) is 9.68. The van der Waals surface area contributed by atoms with Crippen molar-refractivity contribution >= 4 is 5.69 Å². The van der Waals surface area contributed by atoms with Crippen LogP contribution < -0.4 is 5.32 Å². The predicted molar refractivity (Wildman–Crippen MR) is 45.6 cm³/mol. The van der Waals surface area contributed by atoms with Crippen molar-refractivity contribution in [2.45, 2.75) is 0 Å². The van der Waals surface area contributed by atoms with Crippen LogP contribution in [0.2, 0.25) is 0 Å². The summed E-state index contributed by atoms with van der Waals surface area (Å²) in [6.07, 6.45) is 0. The summed E-state index contributed by atoms with van der Waals surface area (Å²) in [4.78, 5) is 0. The standard InChI is InChI=1S/C9H8F2N2/c10-1-2-13-9-4-7(6-12)3-8(11)5-9/h3-5,13H,1-2H2. The van der Waals surface area contributed by atoms with Crippen LogP contribution in [-0.4, -0.2) is 13.2 Å². The Hall–Kier alpha value is -1.63. The molecule has 0 spiro atoms. The van der Waals surface area contributed by atoms with Crippen LogP contribution >= 0.6 is 0 Å². The van der Waals surface area contributed by atoms with E-state index in [4.69, 9.17) is 5.26 Å². The Morgan fingerprint density at radius 3 is 2.77 bits per heavy atom. The van der Waals surface area contributed by atoms with Crippen molar-refractivity contribution < 1.29 is 8.78 Å². The first kappa shape index (κ1) is 9.46. The summed E-state index contributed by atoms with van der Waals surface area (Å²) in [5, 5.41) is 11.1. The fourth-order valence-corrected chi connectivity index (χ4v) is 0.948. The molecule has 0 saturated heterocycles. The first-order chi connectivity index (χ1) is 6.26. The Morgan fingerprint density at radius 1 is 1.38 bits per heavy atom. The number of nitriles is 1. The van der Waals surface area contributed by atoms with Crippen molar-refractivity contribution in [2.24, 2.45) is 0 Å². The van der Waals surface area contributed by atoms with Crippen LogP contribution in [0.5, 0.6) is 0 Å². The number of hydrogen-bond donors (Lipinski definition) is 1. The average molecular weight is 182 g/mol. The molecule has 1 aromatic rings. The van der Waals surface area contributed by atoms with Gasteiger partial charge in [-0.05, 0) is 18.2 Å². The van der Waals surface area contributed by atoms with E-state index in [1.807, 2.05) is 6.07 Å². The molecule has 0 aliphatic heterocycles. The molecule has 1 N–H and O–H groups in total. The van der Waals surface area contributed by atoms with E-state index < -0.39 is 12.5 Å². The van der Waals surface area contributed by atoms with E-state index in [0.717, 1.165) is 6.07 Å². The summed E-state index contributed by atoms with van der Waals surface area (Å²) >= 11 is 0. The summed E-state index contributed by atoms with van der Waals surface area (Å²) in [6.45, 7) is -0.410. The summed E-state index contributed by atoms with van der Waals surface area (Å²) < 4.78 is 24.5. The molecule has 0 bridgehead atoms. The Kier molecular flexibility index (Phi) is 3.21. The summed E-state index contributed by atoms with van der Waals surface area (Å²) in [7, 11) is 0. The minimum atomic E-state index is -0.529. The van der Waals surface area contributed by atoms with Crippen LogP contribution in [0.3, 0.4) is 0 Å². The Bertz CT molecular complexity index is 331. The highest BCUT2D eigenvalue weighted by Crippen LogP contribution is 2.12. The van der Waals surface area contributed by atoms with Crippen LogP contribution in [-0.2, 0) is 0 Å². The lowest BCUT2D eigenvalue weighted by Gasteiger charge is -2.03. The van der Waals surface area contributed by atoms with Crippen molar-refractivity contribution in [2.75, 3.05) is 18.5 Å². The summed E-state index contributed by atoms with van der Waals surface area (Å²) in [5.74, 6) is -0.500. The molecular formula is C9H8F2N2. The lowest BCUT2D eigenvalue weighted by molar-refractivity contribution is 0.512. The minimum Gasteiger partial charge on any atom is -0.382 e. The number of nitrogens with one attached hydrogen (secondary N) is 1. The van der Waals surface area contributed by atoms with Crippen LogP contribution in [0.1, 0.15) is 5.56 Å². The van der Waals surface area contributed by atoms with E-state index in [1.54, 1.807) is 0 Å². The van der Waals surface area contributed by atoms with Gasteiger partial charge in [0.2, 0.25) is 0 Å². The third kappa shape index (κ3) is 2.71. The van der Waals surface area contributed by atoms with Gasteiger partial charge in [-0.15, -0.1) is 0 Å². The topological polar surface area (TPSA) is 35.8 Å². The molecule has 0 aromatic heterocycles. The highest BCUT2D eigenvalue weighted by molar-refractivity contribution is 5.49. The van der Waals surface area contributed by atoms with Crippen molar-refractivity contribution in [3.8, 4) is 6.07 Å². The van der Waals surface area contributed by atoms with Gasteiger partial charge in [0.25, 0.3) is 0 Å². The molecule has 0 atom stereocenters. The van der Waals surface area contributed by atoms with E-state index in [-0.39, 0.29) is 12.1 Å². The second kappa shape index (κ2) is 4.41. The molecule has 0 unspecified atom stereocenters. The van der Waals surface area contributed by atoms with Gasteiger partial charge in [0.1, 0.15) is 12.5 Å². The number of benzene rings is 1. The molecule has 0 saturated carbocycles. The van der Waals surface area contributed by atoms with Crippen molar-refractivity contribution in [3.63, 3.8) is 0 Å². The number of hydrogen-bond acceptors (Lipinski definition) is 2. The molecule has 0 heterocycles. The number of anilines is 1. The molecular weight excluding hydrogens is 174 g/mol. The summed E-state index contributed by atoms with van der Waals surface area (Å²) in [5.41, 5.74) is 0.649. The second-order valence-corrected chi connectivity index (χ2v) is 2.46. The number of alkyl halides is 1. The monoisotopic (exact) mass is 182 g/mol. The average Bonchev–Trinajstić information content (AvgIpc) is 2.14. The zero-order valence-corrected chi connectivity index (χ0v) is 6.85. The minimum absolute atomic E-state index is 0.119. The van der Waals surface area contributed by atoms with E-state index in [0.29, 0.717) is 5.69 Å². The maximum Gasteiger partial charge on any atom is 0.126 e. The highest BCUT2D eigenvalue weighted by atomic mass is 19.1. The first-order valence-electron chi connectivity index (χ1n) is 3.77. The fraction of sp³-hybridized carbons (Fsp3) is 0.222. The molecule has 0 fully saturated rings. The Balaban J connectivity index is 2.83. The van der Waals surface area contributed by atoms with E-state index in [2.05, 4.69) is 5.32 Å². The second-order valence-electron chi connectivity index (χ2n) is 2.46. The molecule has 0 aliphatic carbocycles. The number of rotatable bonds is 3. The van der Waals surface area contributed by atoms with Gasteiger partial charge in [-0.25, -0.2) is 8.78 Å². The lowest BCUT2D eigenvalue weighted by atomic mass is 10.2. The van der Waals surface area contributed by atoms with Gasteiger partial charge in [0.15, 0.2) is 0 Å². The smallest absolute Gasteiger partial charge is 0.126 e. The molecule has 1 aromatic carbocycles. The van der Waals surface area contributed by atoms with Crippen LogP contribution in [0.4, 0.5) is 14.5 Å². The van der Waals surface area contributed by atoms with E-state index in [1.165, 1.54) is 12.1 Å². The van der Waals surface area contributed by atoms with Gasteiger partial charge in [-0.1, -0.05) is 0 Å². The molecule has 0 radical (unpaired) electrons. The SMILES string of the molecule is N#Cc1cc(F)cc(NCCF)c1. The van der Waals surface area contributed by atoms with Crippen molar-refractivity contribution in [1.82, 2.24) is 0 Å². The zero-order valence-electron chi connectivity index (χ0n) is 6.85. The van der Waals surface area contributed by atoms with Gasteiger partial charge >= 0.3 is 0 Å². The molecule has 2 nitrogen and oxygen atoms in total. The van der Waals surface area contributed by atoms with Gasteiger partial charge in [0.05, 0.1) is 11.6 Å². The first-order valence-corrected chi connectivity index (χ1v) is 3.77. The van der Waals surface area contributed by atoms with Gasteiger partial charge < -0.3 is 5.32 Å². The van der Waals surface area contributed by atoms with E-state index in [9.17, 15) is 8.78 Å². The van der Waals surface area contributed by atoms with Crippen LogP contribution in [0.25, 0.3) is 0 Å². The predicted octanol–water partition coefficient (Wildman–Crippen LogP) is 2.08. The van der Waals surface area contributed by atoms with Crippen LogP contribution in [0.15, 0.2) is 18.2 Å².